The zero-order valence-electron chi connectivity index (χ0n) is 17.0. The van der Waals surface area contributed by atoms with Gasteiger partial charge in [-0.15, -0.1) is 0 Å². The highest BCUT2D eigenvalue weighted by Crippen LogP contribution is 2.29. The summed E-state index contributed by atoms with van der Waals surface area (Å²) in [4.78, 5) is 19.8. The molecule has 0 radical (unpaired) electrons. The van der Waals surface area contributed by atoms with E-state index in [2.05, 4.69) is 16.8 Å². The molecule has 6 nitrogen and oxygen atoms in total. The fourth-order valence-electron chi connectivity index (χ4n) is 4.17. The number of likely N-dealkylation sites (N-methyl/N-ethyl adjacent to an activating group) is 1. The maximum absolute atomic E-state index is 13.0. The van der Waals surface area contributed by atoms with Crippen molar-refractivity contribution in [3.05, 3.63) is 54.1 Å². The summed E-state index contributed by atoms with van der Waals surface area (Å²) in [6.45, 7) is 5.88. The fraction of sp³-hybridized carbons (Fsp3) is 0.435. The molecule has 0 bridgehead atoms. The van der Waals surface area contributed by atoms with Gasteiger partial charge in [0.1, 0.15) is 17.2 Å². The highest BCUT2D eigenvalue weighted by atomic mass is 16.5. The Bertz CT molecular complexity index is 827. The first kappa shape index (κ1) is 19.7. The number of likely N-dealkylation sites (tertiary alicyclic amines) is 1. The largest absolute Gasteiger partial charge is 0.507 e. The minimum atomic E-state index is -0.127. The van der Waals surface area contributed by atoms with Crippen LogP contribution in [0, 0.1) is 0 Å². The number of para-hydroxylation sites is 1. The van der Waals surface area contributed by atoms with E-state index in [1.165, 1.54) is 6.07 Å². The van der Waals surface area contributed by atoms with Gasteiger partial charge in [-0.2, -0.15) is 0 Å². The van der Waals surface area contributed by atoms with Crippen molar-refractivity contribution in [1.29, 1.82) is 0 Å². The number of amides is 1. The highest BCUT2D eigenvalue weighted by Gasteiger charge is 2.29. The number of hydrogen-bond acceptors (Lipinski definition) is 5. The first-order chi connectivity index (χ1) is 14.1. The van der Waals surface area contributed by atoms with Gasteiger partial charge in [-0.1, -0.05) is 18.2 Å². The lowest BCUT2D eigenvalue weighted by atomic mass is 10.0. The van der Waals surface area contributed by atoms with E-state index in [1.54, 1.807) is 12.1 Å². The lowest BCUT2D eigenvalue weighted by molar-refractivity contribution is 0.0516. The Balaban J connectivity index is 1.39. The van der Waals surface area contributed by atoms with Gasteiger partial charge in [0.15, 0.2) is 0 Å². The normalized spacial score (nSPS) is 19.3. The van der Waals surface area contributed by atoms with Gasteiger partial charge < -0.3 is 19.6 Å². The Morgan fingerprint density at radius 3 is 2.31 bits per heavy atom. The summed E-state index contributed by atoms with van der Waals surface area (Å²) in [7, 11) is 2.17. The molecule has 0 saturated carbocycles. The fourth-order valence-corrected chi connectivity index (χ4v) is 4.17. The predicted molar refractivity (Wildman–Crippen MR) is 113 cm³/mol. The number of piperazine rings is 1. The Hall–Kier alpha value is -2.57. The highest BCUT2D eigenvalue weighted by molar-refractivity contribution is 5.97. The maximum Gasteiger partial charge on any atom is 0.257 e. The Kier molecular flexibility index (Phi) is 6.02. The zero-order valence-corrected chi connectivity index (χ0v) is 17.0. The van der Waals surface area contributed by atoms with Crippen molar-refractivity contribution in [1.82, 2.24) is 14.7 Å². The van der Waals surface area contributed by atoms with Crippen molar-refractivity contribution in [2.24, 2.45) is 0 Å². The number of phenolic OH excluding ortho intramolecular Hbond substituents is 1. The molecule has 0 unspecified atom stereocenters. The summed E-state index contributed by atoms with van der Waals surface area (Å²) in [5.41, 5.74) is 0.302. The molecule has 1 N–H and O–H groups in total. The minimum absolute atomic E-state index is 0.00315. The van der Waals surface area contributed by atoms with Crippen LogP contribution in [0.3, 0.4) is 0 Å². The number of phenols is 1. The second-order valence-electron chi connectivity index (χ2n) is 7.96. The molecule has 0 spiro atoms. The summed E-state index contributed by atoms with van der Waals surface area (Å²) in [5, 5.41) is 10.3. The lowest BCUT2D eigenvalue weighted by Crippen LogP contribution is -2.52. The summed E-state index contributed by atoms with van der Waals surface area (Å²) in [6.07, 6.45) is 1.97. The van der Waals surface area contributed by atoms with Crippen LogP contribution in [-0.4, -0.2) is 78.1 Å². The molecule has 6 heteroatoms. The molecule has 154 valence electrons. The summed E-state index contributed by atoms with van der Waals surface area (Å²) in [5.74, 6) is 1.11. The lowest BCUT2D eigenvalue weighted by Gasteiger charge is -2.42. The summed E-state index contributed by atoms with van der Waals surface area (Å²) < 4.78 is 5.82. The van der Waals surface area contributed by atoms with Crippen molar-refractivity contribution in [2.75, 3.05) is 46.3 Å². The van der Waals surface area contributed by atoms with Gasteiger partial charge in [-0.05, 0) is 50.2 Å². The quantitative estimate of drug-likeness (QED) is 0.862. The van der Waals surface area contributed by atoms with E-state index >= 15 is 0 Å². The summed E-state index contributed by atoms with van der Waals surface area (Å²) in [6, 6.07) is 14.8. The van der Waals surface area contributed by atoms with Gasteiger partial charge in [0.05, 0.1) is 5.56 Å². The monoisotopic (exact) mass is 395 g/mol. The zero-order chi connectivity index (χ0) is 20.2. The standard InChI is InChI=1S/C23H29N3O3/c1-24-13-15-25(16-14-24)18-9-11-26(12-10-18)23(28)21-17-20(7-8-22(21)27)29-19-5-3-2-4-6-19/h2-8,17-18,27H,9-16H2,1H3. The van der Waals surface area contributed by atoms with E-state index in [4.69, 9.17) is 4.74 Å². The Morgan fingerprint density at radius 1 is 0.931 bits per heavy atom. The molecule has 29 heavy (non-hydrogen) atoms. The van der Waals surface area contributed by atoms with Gasteiger partial charge in [0.2, 0.25) is 0 Å². The Morgan fingerprint density at radius 2 is 1.62 bits per heavy atom. The maximum atomic E-state index is 13.0. The van der Waals surface area contributed by atoms with Gasteiger partial charge in [0, 0.05) is 45.3 Å². The minimum Gasteiger partial charge on any atom is -0.507 e. The van der Waals surface area contributed by atoms with Gasteiger partial charge in [-0.3, -0.25) is 9.69 Å². The number of carbonyl (C=O) groups excluding carboxylic acids is 1. The first-order valence-electron chi connectivity index (χ1n) is 10.4. The molecule has 0 atom stereocenters. The SMILES string of the molecule is CN1CCN(C2CCN(C(=O)c3cc(Oc4ccccc4)ccc3O)CC2)CC1. The second kappa shape index (κ2) is 8.84. The van der Waals surface area contributed by atoms with Crippen LogP contribution in [0.25, 0.3) is 0 Å². The number of benzene rings is 2. The van der Waals surface area contributed by atoms with E-state index in [9.17, 15) is 9.90 Å². The molecule has 2 saturated heterocycles. The van der Waals surface area contributed by atoms with Crippen molar-refractivity contribution < 1.29 is 14.6 Å². The first-order valence-corrected chi connectivity index (χ1v) is 10.4. The smallest absolute Gasteiger partial charge is 0.257 e. The third-order valence-corrected chi connectivity index (χ3v) is 5.98. The average Bonchev–Trinajstić information content (AvgIpc) is 2.76. The molecule has 2 aromatic rings. The van der Waals surface area contributed by atoms with Crippen molar-refractivity contribution >= 4 is 5.91 Å². The van der Waals surface area contributed by atoms with Gasteiger partial charge >= 0.3 is 0 Å². The molecule has 1 amide bonds. The number of nitrogens with zero attached hydrogens (tertiary/aromatic N) is 3. The molecule has 0 aliphatic carbocycles. The third kappa shape index (κ3) is 4.71. The van der Waals surface area contributed by atoms with Crippen LogP contribution in [0.5, 0.6) is 17.2 Å². The van der Waals surface area contributed by atoms with Crippen LogP contribution in [0.2, 0.25) is 0 Å². The van der Waals surface area contributed by atoms with E-state index in [1.807, 2.05) is 35.2 Å². The van der Waals surface area contributed by atoms with Crippen LogP contribution >= 0.6 is 0 Å². The molecule has 2 fully saturated rings. The van der Waals surface area contributed by atoms with Crippen LogP contribution in [0.1, 0.15) is 23.2 Å². The molecule has 4 rings (SSSR count). The van der Waals surface area contributed by atoms with Crippen molar-refractivity contribution in [2.45, 2.75) is 18.9 Å². The van der Waals surface area contributed by atoms with E-state index < -0.39 is 0 Å². The molecule has 2 aliphatic heterocycles. The van der Waals surface area contributed by atoms with E-state index in [0.717, 1.165) is 52.1 Å². The van der Waals surface area contributed by atoms with E-state index in [-0.39, 0.29) is 11.7 Å². The van der Waals surface area contributed by atoms with Crippen LogP contribution in [-0.2, 0) is 0 Å². The molecule has 2 heterocycles. The molecular formula is C23H29N3O3. The molecular weight excluding hydrogens is 366 g/mol. The number of rotatable bonds is 4. The van der Waals surface area contributed by atoms with Gasteiger partial charge in [-0.25, -0.2) is 0 Å². The number of aromatic hydroxyl groups is 1. The summed E-state index contributed by atoms with van der Waals surface area (Å²) >= 11 is 0. The average molecular weight is 396 g/mol. The molecule has 2 aliphatic rings. The molecule has 2 aromatic carbocycles. The van der Waals surface area contributed by atoms with Gasteiger partial charge in [0.25, 0.3) is 5.91 Å². The third-order valence-electron chi connectivity index (χ3n) is 5.98. The topological polar surface area (TPSA) is 56.2 Å². The second-order valence-corrected chi connectivity index (χ2v) is 7.96. The number of ether oxygens (including phenoxy) is 1. The number of hydrogen-bond donors (Lipinski definition) is 1. The number of carbonyl (C=O) groups is 1. The van der Waals surface area contributed by atoms with Crippen molar-refractivity contribution in [3.8, 4) is 17.2 Å². The van der Waals surface area contributed by atoms with Crippen LogP contribution in [0.4, 0.5) is 0 Å². The van der Waals surface area contributed by atoms with Crippen LogP contribution in [0.15, 0.2) is 48.5 Å². The number of piperidine rings is 1. The predicted octanol–water partition coefficient (Wildman–Crippen LogP) is 3.04. The van der Waals surface area contributed by atoms with Crippen LogP contribution < -0.4 is 4.74 Å². The van der Waals surface area contributed by atoms with Crippen molar-refractivity contribution in [3.63, 3.8) is 0 Å². The van der Waals surface area contributed by atoms with E-state index in [0.29, 0.717) is 23.1 Å². The Labute approximate surface area is 172 Å². The molecule has 0 aromatic heterocycles.